The minimum Gasteiger partial charge on any atom is -0.388 e. The summed E-state index contributed by atoms with van der Waals surface area (Å²) in [6.45, 7) is 3.24. The second kappa shape index (κ2) is 7.33. The van der Waals surface area contributed by atoms with Crippen LogP contribution in [0.15, 0.2) is 47.5 Å². The van der Waals surface area contributed by atoms with E-state index in [1.54, 1.807) is 17.0 Å². The zero-order chi connectivity index (χ0) is 18.0. The van der Waals surface area contributed by atoms with Crippen LogP contribution in [0.4, 0.5) is 0 Å². The quantitative estimate of drug-likeness (QED) is 0.859. The zero-order valence-corrected chi connectivity index (χ0v) is 15.2. The standard InChI is InChI=1S/C21H27N3O2/c25-20-18-8-4-5-9-19(18)22-16-24(20)15-21(26)10-12-23(13-11-21)14-17-6-2-1-3-7-17/h1-2,4-5,8-9,16-17,26H,3,6-7,10-15H2/t17-/m1/s1. The molecule has 5 heteroatoms. The number of rotatable bonds is 4. The summed E-state index contributed by atoms with van der Waals surface area (Å²) in [5.41, 5.74) is -0.186. The smallest absolute Gasteiger partial charge is 0.261 e. The molecule has 0 bridgehead atoms. The summed E-state index contributed by atoms with van der Waals surface area (Å²) in [6.07, 6.45) is 11.2. The molecule has 1 atom stereocenters. The van der Waals surface area contributed by atoms with Gasteiger partial charge in [0.05, 0.1) is 29.4 Å². The minimum absolute atomic E-state index is 0.0690. The van der Waals surface area contributed by atoms with Crippen LogP contribution < -0.4 is 5.56 Å². The lowest BCUT2D eigenvalue weighted by molar-refractivity contribution is -0.0375. The SMILES string of the molecule is O=c1c2ccccc2ncn1CC1(O)CCN(C[C@@H]2CC=CCC2)CC1. The van der Waals surface area contributed by atoms with Crippen molar-refractivity contribution in [2.24, 2.45) is 5.92 Å². The number of likely N-dealkylation sites (tertiary alicyclic amines) is 1. The van der Waals surface area contributed by atoms with Gasteiger partial charge in [-0.15, -0.1) is 0 Å². The molecule has 1 aromatic heterocycles. The van der Waals surface area contributed by atoms with Crippen molar-refractivity contribution in [1.82, 2.24) is 14.5 Å². The van der Waals surface area contributed by atoms with E-state index in [0.717, 1.165) is 25.6 Å². The lowest BCUT2D eigenvalue weighted by atomic mass is 9.89. The molecule has 2 heterocycles. The van der Waals surface area contributed by atoms with Gasteiger partial charge >= 0.3 is 0 Å². The molecule has 2 aliphatic rings. The maximum absolute atomic E-state index is 12.7. The number of allylic oxidation sites excluding steroid dienone is 2. The zero-order valence-electron chi connectivity index (χ0n) is 15.2. The van der Waals surface area contributed by atoms with Gasteiger partial charge < -0.3 is 10.0 Å². The fourth-order valence-electron chi connectivity index (χ4n) is 4.23. The molecule has 0 saturated carbocycles. The monoisotopic (exact) mass is 353 g/mol. The Morgan fingerprint density at radius 3 is 2.77 bits per heavy atom. The summed E-state index contributed by atoms with van der Waals surface area (Å²) in [6, 6.07) is 7.37. The number of hydrogen-bond donors (Lipinski definition) is 1. The fourth-order valence-corrected chi connectivity index (χ4v) is 4.23. The molecule has 1 aliphatic carbocycles. The Balaban J connectivity index is 1.40. The fraction of sp³-hybridized carbons (Fsp3) is 0.524. The van der Waals surface area contributed by atoms with Gasteiger partial charge in [-0.1, -0.05) is 24.3 Å². The van der Waals surface area contributed by atoms with Crippen LogP contribution in [0.25, 0.3) is 10.9 Å². The lowest BCUT2D eigenvalue weighted by Gasteiger charge is -2.39. The molecule has 5 nitrogen and oxygen atoms in total. The van der Waals surface area contributed by atoms with E-state index in [1.807, 2.05) is 18.2 Å². The van der Waals surface area contributed by atoms with Gasteiger partial charge in [0.25, 0.3) is 5.56 Å². The summed E-state index contributed by atoms with van der Waals surface area (Å²) in [5, 5.41) is 11.6. The van der Waals surface area contributed by atoms with Crippen molar-refractivity contribution >= 4 is 10.9 Å². The van der Waals surface area contributed by atoms with Gasteiger partial charge in [-0.25, -0.2) is 4.98 Å². The van der Waals surface area contributed by atoms with E-state index >= 15 is 0 Å². The number of piperidine rings is 1. The van der Waals surface area contributed by atoms with Crippen LogP contribution in [0.2, 0.25) is 0 Å². The Hall–Kier alpha value is -1.98. The molecule has 0 spiro atoms. The second-order valence-corrected chi connectivity index (χ2v) is 7.87. The van der Waals surface area contributed by atoms with Crippen molar-refractivity contribution in [3.05, 3.63) is 53.1 Å². The van der Waals surface area contributed by atoms with Crippen LogP contribution in [-0.4, -0.2) is 44.8 Å². The van der Waals surface area contributed by atoms with Crippen LogP contribution in [0.3, 0.4) is 0 Å². The Labute approximate surface area is 154 Å². The van der Waals surface area contributed by atoms with Crippen LogP contribution in [0.1, 0.15) is 32.1 Å². The highest BCUT2D eigenvalue weighted by atomic mass is 16.3. The molecule has 0 amide bonds. The first-order valence-electron chi connectivity index (χ1n) is 9.67. The molecular weight excluding hydrogens is 326 g/mol. The van der Waals surface area contributed by atoms with Crippen LogP contribution in [-0.2, 0) is 6.54 Å². The van der Waals surface area contributed by atoms with Gasteiger partial charge in [-0.05, 0) is 50.2 Å². The number of para-hydroxylation sites is 1. The van der Waals surface area contributed by atoms with Gasteiger partial charge in [0, 0.05) is 19.6 Å². The highest BCUT2D eigenvalue weighted by molar-refractivity contribution is 5.76. The maximum atomic E-state index is 12.7. The molecule has 26 heavy (non-hydrogen) atoms. The second-order valence-electron chi connectivity index (χ2n) is 7.87. The largest absolute Gasteiger partial charge is 0.388 e. The molecule has 2 aromatic rings. The van der Waals surface area contributed by atoms with E-state index in [0.29, 0.717) is 30.3 Å². The average molecular weight is 353 g/mol. The van der Waals surface area contributed by atoms with Crippen molar-refractivity contribution in [3.8, 4) is 0 Å². The van der Waals surface area contributed by atoms with Gasteiger partial charge in [-0.3, -0.25) is 9.36 Å². The van der Waals surface area contributed by atoms with Gasteiger partial charge in [-0.2, -0.15) is 0 Å². The Morgan fingerprint density at radius 1 is 1.19 bits per heavy atom. The summed E-state index contributed by atoms with van der Waals surface area (Å²) < 4.78 is 1.57. The summed E-state index contributed by atoms with van der Waals surface area (Å²) in [7, 11) is 0. The number of fused-ring (bicyclic) bond motifs is 1. The van der Waals surface area contributed by atoms with Gasteiger partial charge in [0.1, 0.15) is 0 Å². The summed E-state index contributed by atoms with van der Waals surface area (Å²) in [4.78, 5) is 19.5. The lowest BCUT2D eigenvalue weighted by Crippen LogP contribution is -2.49. The first kappa shape index (κ1) is 17.4. The van der Waals surface area contributed by atoms with E-state index in [2.05, 4.69) is 22.0 Å². The van der Waals surface area contributed by atoms with E-state index in [1.165, 1.54) is 19.3 Å². The van der Waals surface area contributed by atoms with Crippen molar-refractivity contribution in [1.29, 1.82) is 0 Å². The van der Waals surface area contributed by atoms with Gasteiger partial charge in [0.2, 0.25) is 0 Å². The number of aliphatic hydroxyl groups is 1. The number of aromatic nitrogens is 2. The van der Waals surface area contributed by atoms with E-state index in [-0.39, 0.29) is 5.56 Å². The van der Waals surface area contributed by atoms with Crippen molar-refractivity contribution in [2.75, 3.05) is 19.6 Å². The number of hydrogen-bond acceptors (Lipinski definition) is 4. The van der Waals surface area contributed by atoms with Gasteiger partial charge in [0.15, 0.2) is 0 Å². The molecule has 1 saturated heterocycles. The number of benzene rings is 1. The molecule has 138 valence electrons. The average Bonchev–Trinajstić information content (AvgIpc) is 2.67. The normalized spacial score (nSPS) is 23.3. The Bertz CT molecular complexity index is 850. The third-order valence-corrected chi connectivity index (χ3v) is 5.88. The molecule has 1 fully saturated rings. The molecule has 1 aliphatic heterocycles. The molecule has 1 N–H and O–H groups in total. The van der Waals surface area contributed by atoms with Crippen LogP contribution in [0, 0.1) is 5.92 Å². The molecule has 1 aromatic carbocycles. The van der Waals surface area contributed by atoms with Crippen LogP contribution in [0.5, 0.6) is 0 Å². The molecule has 0 unspecified atom stereocenters. The van der Waals surface area contributed by atoms with Crippen molar-refractivity contribution in [3.63, 3.8) is 0 Å². The molecule has 0 radical (unpaired) electrons. The first-order chi connectivity index (χ1) is 12.6. The van der Waals surface area contributed by atoms with E-state index < -0.39 is 5.60 Å². The minimum atomic E-state index is -0.822. The third-order valence-electron chi connectivity index (χ3n) is 5.88. The van der Waals surface area contributed by atoms with E-state index in [9.17, 15) is 9.90 Å². The first-order valence-corrected chi connectivity index (χ1v) is 9.67. The molecule has 4 rings (SSSR count). The maximum Gasteiger partial charge on any atom is 0.261 e. The van der Waals surface area contributed by atoms with Crippen molar-refractivity contribution in [2.45, 2.75) is 44.2 Å². The van der Waals surface area contributed by atoms with Crippen LogP contribution >= 0.6 is 0 Å². The highest BCUT2D eigenvalue weighted by Crippen LogP contribution is 2.26. The predicted molar refractivity (Wildman–Crippen MR) is 103 cm³/mol. The Morgan fingerprint density at radius 2 is 2.00 bits per heavy atom. The summed E-state index contributed by atoms with van der Waals surface area (Å²) >= 11 is 0. The van der Waals surface area contributed by atoms with Crippen molar-refractivity contribution < 1.29 is 5.11 Å². The molecular formula is C21H27N3O2. The highest BCUT2D eigenvalue weighted by Gasteiger charge is 2.33. The predicted octanol–water partition coefficient (Wildman–Crippen LogP) is 2.58. The number of nitrogens with zero attached hydrogens (tertiary/aromatic N) is 3. The Kier molecular flexibility index (Phi) is 4.92. The summed E-state index contributed by atoms with van der Waals surface area (Å²) in [5.74, 6) is 0.749. The third kappa shape index (κ3) is 3.74. The van der Waals surface area contributed by atoms with E-state index in [4.69, 9.17) is 0 Å². The topological polar surface area (TPSA) is 58.4 Å².